The molecule has 1 aliphatic heterocycles. The average molecular weight is 399 g/mol. The zero-order chi connectivity index (χ0) is 20.8. The van der Waals surface area contributed by atoms with Crippen molar-refractivity contribution in [1.29, 1.82) is 0 Å². The normalized spacial score (nSPS) is 16.0. The van der Waals surface area contributed by atoms with E-state index in [0.717, 1.165) is 11.6 Å². The summed E-state index contributed by atoms with van der Waals surface area (Å²) in [5.74, 6) is -2.46. The van der Waals surface area contributed by atoms with Crippen LogP contribution in [0.3, 0.4) is 0 Å². The second-order valence-corrected chi connectivity index (χ2v) is 6.86. The number of benzene rings is 2. The molecule has 6 nitrogen and oxygen atoms in total. The number of methoxy groups -OCH3 is 1. The summed E-state index contributed by atoms with van der Waals surface area (Å²) >= 11 is 0. The molecule has 1 aliphatic rings. The largest absolute Gasteiger partial charge is 0.494 e. The summed E-state index contributed by atoms with van der Waals surface area (Å²) in [5, 5.41) is 0. The third kappa shape index (κ3) is 5.19. The van der Waals surface area contributed by atoms with Crippen LogP contribution in [0.2, 0.25) is 0 Å². The van der Waals surface area contributed by atoms with Gasteiger partial charge in [0.25, 0.3) is 0 Å². The summed E-state index contributed by atoms with van der Waals surface area (Å²) in [4.78, 5) is 38.2. The Balaban J connectivity index is 1.48. The highest BCUT2D eigenvalue weighted by Gasteiger charge is 2.35. The summed E-state index contributed by atoms with van der Waals surface area (Å²) in [5.41, 5.74) is 1.20. The van der Waals surface area contributed by atoms with Crippen LogP contribution in [0, 0.1) is 11.7 Å². The molecule has 0 bridgehead atoms. The highest BCUT2D eigenvalue weighted by molar-refractivity contribution is 5.98. The third-order valence-electron chi connectivity index (χ3n) is 4.88. The van der Waals surface area contributed by atoms with Crippen LogP contribution < -0.4 is 4.74 Å². The molecule has 0 unspecified atom stereocenters. The number of ether oxygens (including phenoxy) is 2. The van der Waals surface area contributed by atoms with Crippen LogP contribution in [0.25, 0.3) is 0 Å². The van der Waals surface area contributed by atoms with Gasteiger partial charge in [-0.2, -0.15) is 0 Å². The van der Waals surface area contributed by atoms with Crippen molar-refractivity contribution in [2.75, 3.05) is 26.8 Å². The van der Waals surface area contributed by atoms with Gasteiger partial charge in [0.1, 0.15) is 0 Å². The molecule has 0 aliphatic carbocycles. The lowest BCUT2D eigenvalue weighted by Gasteiger charge is -2.16. The van der Waals surface area contributed by atoms with Crippen molar-refractivity contribution >= 4 is 17.7 Å². The van der Waals surface area contributed by atoms with Crippen LogP contribution in [0.15, 0.2) is 48.5 Å². The maximum Gasteiger partial charge on any atom is 0.311 e. The Labute approximate surface area is 168 Å². The fourth-order valence-electron chi connectivity index (χ4n) is 3.23. The van der Waals surface area contributed by atoms with Gasteiger partial charge in [0.05, 0.1) is 13.0 Å². The molecule has 1 fully saturated rings. The molecule has 1 heterocycles. The maximum atomic E-state index is 13.7. The first-order valence-corrected chi connectivity index (χ1v) is 9.33. The summed E-state index contributed by atoms with van der Waals surface area (Å²) in [6.45, 7) is 0.297. The van der Waals surface area contributed by atoms with E-state index < -0.39 is 30.1 Å². The van der Waals surface area contributed by atoms with Gasteiger partial charge in [-0.25, -0.2) is 4.39 Å². The highest BCUT2D eigenvalue weighted by atomic mass is 19.1. The van der Waals surface area contributed by atoms with E-state index in [9.17, 15) is 18.8 Å². The summed E-state index contributed by atoms with van der Waals surface area (Å²) < 4.78 is 23.6. The molecule has 3 rings (SSSR count). The van der Waals surface area contributed by atoms with Gasteiger partial charge in [0.15, 0.2) is 24.0 Å². The van der Waals surface area contributed by atoms with E-state index in [1.54, 1.807) is 4.90 Å². The standard InChI is InChI=1S/C22H22FNO5/c1-28-20-8-7-16(11-18(20)23)19(25)14-29-22(27)17-12-21(26)24(13-17)10-9-15-5-3-2-4-6-15/h2-8,11,17H,9-10,12-14H2,1H3/t17-/m0/s1. The van der Waals surface area contributed by atoms with Crippen molar-refractivity contribution in [2.24, 2.45) is 5.92 Å². The van der Waals surface area contributed by atoms with Crippen LogP contribution in [-0.4, -0.2) is 49.4 Å². The van der Waals surface area contributed by atoms with E-state index in [-0.39, 0.29) is 30.2 Å². The number of esters is 1. The average Bonchev–Trinajstić information content (AvgIpc) is 3.11. The van der Waals surface area contributed by atoms with E-state index in [2.05, 4.69) is 0 Å². The van der Waals surface area contributed by atoms with Crippen LogP contribution in [-0.2, 0) is 20.7 Å². The first-order valence-electron chi connectivity index (χ1n) is 9.33. The lowest BCUT2D eigenvalue weighted by Crippen LogP contribution is -2.29. The number of carbonyl (C=O) groups is 3. The number of rotatable bonds is 8. The van der Waals surface area contributed by atoms with Gasteiger partial charge in [-0.15, -0.1) is 0 Å². The number of nitrogens with zero attached hydrogens (tertiary/aromatic N) is 1. The van der Waals surface area contributed by atoms with E-state index in [0.29, 0.717) is 13.0 Å². The topological polar surface area (TPSA) is 72.9 Å². The Morgan fingerprint density at radius 2 is 1.93 bits per heavy atom. The number of ketones is 1. The minimum Gasteiger partial charge on any atom is -0.494 e. The van der Waals surface area contributed by atoms with Gasteiger partial charge >= 0.3 is 5.97 Å². The summed E-state index contributed by atoms with van der Waals surface area (Å²) in [7, 11) is 1.33. The van der Waals surface area contributed by atoms with Gasteiger partial charge in [0, 0.05) is 25.1 Å². The van der Waals surface area contributed by atoms with Gasteiger partial charge in [-0.3, -0.25) is 14.4 Å². The molecule has 152 valence electrons. The number of amides is 1. The Morgan fingerprint density at radius 1 is 1.17 bits per heavy atom. The quantitative estimate of drug-likeness (QED) is 0.504. The molecular formula is C22H22FNO5. The number of carbonyl (C=O) groups excluding carboxylic acids is 3. The maximum absolute atomic E-state index is 13.7. The van der Waals surface area contributed by atoms with Crippen LogP contribution in [0.5, 0.6) is 5.75 Å². The lowest BCUT2D eigenvalue weighted by atomic mass is 10.1. The number of hydrogen-bond donors (Lipinski definition) is 0. The Bertz CT molecular complexity index is 899. The SMILES string of the molecule is COc1ccc(C(=O)COC(=O)[C@H]2CC(=O)N(CCc3ccccc3)C2)cc1F. The second-order valence-electron chi connectivity index (χ2n) is 6.86. The monoisotopic (exact) mass is 399 g/mol. The summed E-state index contributed by atoms with van der Waals surface area (Å²) in [6.07, 6.45) is 0.773. The van der Waals surface area contributed by atoms with E-state index >= 15 is 0 Å². The van der Waals surface area contributed by atoms with Crippen LogP contribution in [0.4, 0.5) is 4.39 Å². The Morgan fingerprint density at radius 3 is 2.62 bits per heavy atom. The zero-order valence-electron chi connectivity index (χ0n) is 16.1. The fraction of sp³-hybridized carbons (Fsp3) is 0.318. The Kier molecular flexibility index (Phi) is 6.59. The zero-order valence-corrected chi connectivity index (χ0v) is 16.1. The molecule has 2 aromatic rings. The first-order chi connectivity index (χ1) is 14.0. The van der Waals surface area contributed by atoms with Crippen molar-refractivity contribution < 1.29 is 28.2 Å². The summed E-state index contributed by atoms with van der Waals surface area (Å²) in [6, 6.07) is 13.6. The minimum absolute atomic E-state index is 0.0265. The molecule has 7 heteroatoms. The number of hydrogen-bond acceptors (Lipinski definition) is 5. The van der Waals surface area contributed by atoms with Gasteiger partial charge in [-0.1, -0.05) is 30.3 Å². The first kappa shape index (κ1) is 20.5. The molecular weight excluding hydrogens is 377 g/mol. The van der Waals surface area contributed by atoms with Crippen molar-refractivity contribution in [3.05, 3.63) is 65.5 Å². The fourth-order valence-corrected chi connectivity index (χ4v) is 3.23. The molecule has 1 atom stereocenters. The smallest absolute Gasteiger partial charge is 0.311 e. The molecule has 0 radical (unpaired) electrons. The molecule has 0 aromatic heterocycles. The molecule has 2 aromatic carbocycles. The second kappa shape index (κ2) is 9.32. The molecule has 0 saturated carbocycles. The van der Waals surface area contributed by atoms with E-state index in [1.807, 2.05) is 30.3 Å². The number of likely N-dealkylation sites (tertiary alicyclic amines) is 1. The predicted octanol–water partition coefficient (Wildman–Crippen LogP) is 2.65. The highest BCUT2D eigenvalue weighted by Crippen LogP contribution is 2.21. The van der Waals surface area contributed by atoms with E-state index in [4.69, 9.17) is 9.47 Å². The Hall–Kier alpha value is -3.22. The lowest BCUT2D eigenvalue weighted by molar-refractivity contribution is -0.147. The van der Waals surface area contributed by atoms with Gasteiger partial charge in [-0.05, 0) is 30.2 Å². The molecule has 0 N–H and O–H groups in total. The van der Waals surface area contributed by atoms with Crippen molar-refractivity contribution in [2.45, 2.75) is 12.8 Å². The molecule has 1 amide bonds. The van der Waals surface area contributed by atoms with Crippen LogP contribution >= 0.6 is 0 Å². The third-order valence-corrected chi connectivity index (χ3v) is 4.88. The van der Waals surface area contributed by atoms with Crippen molar-refractivity contribution in [1.82, 2.24) is 4.90 Å². The van der Waals surface area contributed by atoms with E-state index in [1.165, 1.54) is 19.2 Å². The number of Topliss-reactive ketones (excluding diaryl/α,β-unsaturated/α-hetero) is 1. The predicted molar refractivity (Wildman–Crippen MR) is 103 cm³/mol. The van der Waals surface area contributed by atoms with Crippen molar-refractivity contribution in [3.63, 3.8) is 0 Å². The van der Waals surface area contributed by atoms with Gasteiger partial charge in [0.2, 0.25) is 5.91 Å². The van der Waals surface area contributed by atoms with Gasteiger partial charge < -0.3 is 14.4 Å². The molecule has 1 saturated heterocycles. The van der Waals surface area contributed by atoms with Crippen LogP contribution in [0.1, 0.15) is 22.3 Å². The van der Waals surface area contributed by atoms with Crippen molar-refractivity contribution in [3.8, 4) is 5.75 Å². The minimum atomic E-state index is -0.667. The number of halogens is 1. The molecule has 0 spiro atoms. The molecule has 29 heavy (non-hydrogen) atoms.